The molecule has 1 unspecified atom stereocenters. The number of halogens is 1. The molecule has 4 nitrogen and oxygen atoms in total. The molecule has 0 bridgehead atoms. The molecule has 0 saturated carbocycles. The predicted molar refractivity (Wildman–Crippen MR) is 115 cm³/mol. The average Bonchev–Trinajstić information content (AvgIpc) is 3.12. The van der Waals surface area contributed by atoms with Crippen molar-refractivity contribution in [2.75, 3.05) is 5.32 Å². The summed E-state index contributed by atoms with van der Waals surface area (Å²) in [5.41, 5.74) is 1.91. The molecule has 29 heavy (non-hydrogen) atoms. The molecule has 3 aromatic rings. The van der Waals surface area contributed by atoms with Gasteiger partial charge in [0, 0.05) is 27.1 Å². The topological polar surface area (TPSA) is 58.2 Å². The number of carbonyl (C=O) groups excluding carboxylic acids is 2. The first kappa shape index (κ1) is 20.5. The van der Waals surface area contributed by atoms with E-state index in [1.54, 1.807) is 29.5 Å². The number of nitrogens with one attached hydrogen (secondary N) is 2. The summed E-state index contributed by atoms with van der Waals surface area (Å²) in [6.45, 7) is 3.92. The normalized spacial score (nSPS) is 12.0. The maximum Gasteiger partial charge on any atom is 0.255 e. The Kier molecular flexibility index (Phi) is 6.57. The van der Waals surface area contributed by atoms with Crippen molar-refractivity contribution in [3.05, 3.63) is 93.4 Å². The van der Waals surface area contributed by atoms with E-state index in [-0.39, 0.29) is 23.7 Å². The number of benzene rings is 2. The van der Waals surface area contributed by atoms with Crippen LogP contribution in [0.25, 0.3) is 6.08 Å². The molecule has 2 aromatic carbocycles. The van der Waals surface area contributed by atoms with E-state index in [1.165, 1.54) is 35.2 Å². The highest BCUT2D eigenvalue weighted by Gasteiger charge is 2.09. The zero-order valence-corrected chi connectivity index (χ0v) is 16.9. The molecule has 2 amide bonds. The molecular formula is C23H21FN2O2S. The second kappa shape index (κ2) is 9.30. The van der Waals surface area contributed by atoms with Crippen LogP contribution in [0.2, 0.25) is 0 Å². The standard InChI is InChI=1S/C23H21FN2O2S/c1-15-3-12-21(29-15)13-14-22(27)25-16(2)17-6-10-20(11-7-17)26-23(28)18-4-8-19(24)9-5-18/h3-14,16H,1-2H3,(H,25,27)(H,26,28)/b14-13+. The van der Waals surface area contributed by atoms with Crippen LogP contribution in [0.1, 0.15) is 38.6 Å². The third-order valence-electron chi connectivity index (χ3n) is 4.29. The number of anilines is 1. The summed E-state index contributed by atoms with van der Waals surface area (Å²) in [4.78, 5) is 26.5. The maximum absolute atomic E-state index is 13.0. The number of thiophene rings is 1. The molecule has 1 aromatic heterocycles. The second-order valence-corrected chi connectivity index (χ2v) is 7.91. The highest BCUT2D eigenvalue weighted by atomic mass is 32.1. The van der Waals surface area contributed by atoms with Crippen molar-refractivity contribution in [2.24, 2.45) is 0 Å². The minimum absolute atomic E-state index is 0.169. The van der Waals surface area contributed by atoms with E-state index >= 15 is 0 Å². The Morgan fingerprint density at radius 1 is 1.00 bits per heavy atom. The van der Waals surface area contributed by atoms with E-state index in [9.17, 15) is 14.0 Å². The fraction of sp³-hybridized carbons (Fsp3) is 0.130. The number of rotatable bonds is 6. The van der Waals surface area contributed by atoms with Crippen LogP contribution < -0.4 is 10.6 Å². The van der Waals surface area contributed by atoms with Gasteiger partial charge in [-0.05, 0) is 74.0 Å². The zero-order chi connectivity index (χ0) is 20.8. The van der Waals surface area contributed by atoms with E-state index in [2.05, 4.69) is 10.6 Å². The van der Waals surface area contributed by atoms with Gasteiger partial charge in [0.1, 0.15) is 5.82 Å². The lowest BCUT2D eigenvalue weighted by Gasteiger charge is -2.14. The first-order chi connectivity index (χ1) is 13.9. The third-order valence-corrected chi connectivity index (χ3v) is 5.26. The summed E-state index contributed by atoms with van der Waals surface area (Å²) in [6, 6.07) is 16.4. The Morgan fingerprint density at radius 2 is 1.69 bits per heavy atom. The first-order valence-corrected chi connectivity index (χ1v) is 9.94. The first-order valence-electron chi connectivity index (χ1n) is 9.12. The minimum atomic E-state index is -0.387. The third kappa shape index (κ3) is 5.86. The predicted octanol–water partition coefficient (Wildman–Crippen LogP) is 5.34. The lowest BCUT2D eigenvalue weighted by Crippen LogP contribution is -2.24. The van der Waals surface area contributed by atoms with Crippen molar-refractivity contribution >= 4 is 34.9 Å². The zero-order valence-electron chi connectivity index (χ0n) is 16.1. The van der Waals surface area contributed by atoms with Gasteiger partial charge in [-0.15, -0.1) is 11.3 Å². The molecule has 0 fully saturated rings. The van der Waals surface area contributed by atoms with Crippen molar-refractivity contribution < 1.29 is 14.0 Å². The molecule has 3 rings (SSSR count). The van der Waals surface area contributed by atoms with Crippen LogP contribution in [0.3, 0.4) is 0 Å². The smallest absolute Gasteiger partial charge is 0.255 e. The number of hydrogen-bond acceptors (Lipinski definition) is 3. The molecule has 0 aliphatic heterocycles. The number of amides is 2. The van der Waals surface area contributed by atoms with Gasteiger partial charge in [0.05, 0.1) is 6.04 Å². The summed E-state index contributed by atoms with van der Waals surface area (Å²) < 4.78 is 13.0. The number of carbonyl (C=O) groups is 2. The monoisotopic (exact) mass is 408 g/mol. The van der Waals surface area contributed by atoms with Crippen molar-refractivity contribution in [2.45, 2.75) is 19.9 Å². The Hall–Kier alpha value is -3.25. The molecule has 0 radical (unpaired) electrons. The van der Waals surface area contributed by atoms with Crippen LogP contribution in [-0.4, -0.2) is 11.8 Å². The SMILES string of the molecule is Cc1ccc(/C=C/C(=O)NC(C)c2ccc(NC(=O)c3ccc(F)cc3)cc2)s1. The quantitative estimate of drug-likeness (QED) is 0.541. The van der Waals surface area contributed by atoms with Gasteiger partial charge in [-0.3, -0.25) is 9.59 Å². The van der Waals surface area contributed by atoms with E-state index in [0.717, 1.165) is 10.4 Å². The highest BCUT2D eigenvalue weighted by Crippen LogP contribution is 2.18. The fourth-order valence-corrected chi connectivity index (χ4v) is 3.49. The summed E-state index contributed by atoms with van der Waals surface area (Å²) in [5.74, 6) is -0.868. The second-order valence-electron chi connectivity index (χ2n) is 6.60. The molecule has 0 saturated heterocycles. The molecular weight excluding hydrogens is 387 g/mol. The van der Waals surface area contributed by atoms with Gasteiger partial charge in [0.2, 0.25) is 5.91 Å². The Balaban J connectivity index is 1.56. The van der Waals surface area contributed by atoms with E-state index < -0.39 is 0 Å². The van der Waals surface area contributed by atoms with Crippen LogP contribution in [0.4, 0.5) is 10.1 Å². The van der Waals surface area contributed by atoms with Gasteiger partial charge in [0.25, 0.3) is 5.91 Å². The Bertz CT molecular complexity index is 1020. The van der Waals surface area contributed by atoms with Crippen molar-refractivity contribution in [1.29, 1.82) is 0 Å². The van der Waals surface area contributed by atoms with Crippen LogP contribution >= 0.6 is 11.3 Å². The minimum Gasteiger partial charge on any atom is -0.346 e. The summed E-state index contributed by atoms with van der Waals surface area (Å²) in [6.07, 6.45) is 3.33. The summed E-state index contributed by atoms with van der Waals surface area (Å²) in [7, 11) is 0. The van der Waals surface area contributed by atoms with E-state index in [1.807, 2.05) is 38.1 Å². The molecule has 0 aliphatic rings. The molecule has 6 heteroatoms. The van der Waals surface area contributed by atoms with E-state index in [4.69, 9.17) is 0 Å². The van der Waals surface area contributed by atoms with Crippen LogP contribution in [0.15, 0.2) is 66.7 Å². The fourth-order valence-electron chi connectivity index (χ4n) is 2.71. The van der Waals surface area contributed by atoms with Gasteiger partial charge >= 0.3 is 0 Å². The van der Waals surface area contributed by atoms with Gasteiger partial charge in [-0.25, -0.2) is 4.39 Å². The van der Waals surface area contributed by atoms with Crippen molar-refractivity contribution in [3.63, 3.8) is 0 Å². The van der Waals surface area contributed by atoms with Gasteiger partial charge in [-0.2, -0.15) is 0 Å². The molecule has 148 valence electrons. The Morgan fingerprint density at radius 3 is 2.31 bits per heavy atom. The van der Waals surface area contributed by atoms with Crippen LogP contribution in [0, 0.1) is 12.7 Å². The molecule has 1 heterocycles. The summed E-state index contributed by atoms with van der Waals surface area (Å²) >= 11 is 1.63. The average molecular weight is 408 g/mol. The van der Waals surface area contributed by atoms with Crippen molar-refractivity contribution in [3.8, 4) is 0 Å². The number of aryl methyl sites for hydroxylation is 1. The van der Waals surface area contributed by atoms with Crippen molar-refractivity contribution in [1.82, 2.24) is 5.32 Å². The summed E-state index contributed by atoms with van der Waals surface area (Å²) in [5, 5.41) is 5.69. The van der Waals surface area contributed by atoms with Gasteiger partial charge in [-0.1, -0.05) is 12.1 Å². The lowest BCUT2D eigenvalue weighted by molar-refractivity contribution is -0.117. The molecule has 2 N–H and O–H groups in total. The highest BCUT2D eigenvalue weighted by molar-refractivity contribution is 7.12. The van der Waals surface area contributed by atoms with Crippen LogP contribution in [0.5, 0.6) is 0 Å². The molecule has 1 atom stereocenters. The van der Waals surface area contributed by atoms with E-state index in [0.29, 0.717) is 11.3 Å². The Labute approximate surface area is 173 Å². The lowest BCUT2D eigenvalue weighted by atomic mass is 10.1. The van der Waals surface area contributed by atoms with Gasteiger partial charge < -0.3 is 10.6 Å². The van der Waals surface area contributed by atoms with Gasteiger partial charge in [0.15, 0.2) is 0 Å². The van der Waals surface area contributed by atoms with Crippen LogP contribution in [-0.2, 0) is 4.79 Å². The maximum atomic E-state index is 13.0. The molecule has 0 spiro atoms. The number of hydrogen-bond donors (Lipinski definition) is 2. The molecule has 0 aliphatic carbocycles. The largest absolute Gasteiger partial charge is 0.346 e.